The van der Waals surface area contributed by atoms with Gasteiger partial charge >= 0.3 is 11.7 Å². The molecule has 1 saturated heterocycles. The molecule has 0 unspecified atom stereocenters. The van der Waals surface area contributed by atoms with Crippen molar-refractivity contribution in [2.24, 2.45) is 0 Å². The highest BCUT2D eigenvalue weighted by atomic mass is 32.2. The molecule has 106 valence electrons. The highest BCUT2D eigenvalue weighted by Gasteiger charge is 2.34. The van der Waals surface area contributed by atoms with E-state index in [1.165, 1.54) is 0 Å². The standard InChI is InChI=1S/C9H15F2NO5S/c10-9(11)18(15,16)12-4-1-7(2-5-12)17-6-3-8(13)14/h7,9H,1-6H2,(H,13,14). The Bertz CT molecular complexity index is 378. The predicted octanol–water partition coefficient (Wildman–Crippen LogP) is 0.495. The average Bonchev–Trinajstić information content (AvgIpc) is 2.29. The Balaban J connectivity index is 2.35. The molecule has 1 heterocycles. The first-order valence-electron chi connectivity index (χ1n) is 5.44. The Hall–Kier alpha value is -0.800. The maximum absolute atomic E-state index is 12.3. The second kappa shape index (κ2) is 6.39. The molecule has 0 amide bonds. The normalized spacial score (nSPS) is 19.3. The van der Waals surface area contributed by atoms with E-state index in [0.29, 0.717) is 12.8 Å². The number of piperidine rings is 1. The summed E-state index contributed by atoms with van der Waals surface area (Å²) >= 11 is 0. The fourth-order valence-electron chi connectivity index (χ4n) is 1.68. The van der Waals surface area contributed by atoms with E-state index in [4.69, 9.17) is 9.84 Å². The lowest BCUT2D eigenvalue weighted by Crippen LogP contribution is -2.43. The Kier molecular flexibility index (Phi) is 5.42. The van der Waals surface area contributed by atoms with Crippen LogP contribution in [0.15, 0.2) is 0 Å². The lowest BCUT2D eigenvalue weighted by atomic mass is 10.1. The summed E-state index contributed by atoms with van der Waals surface area (Å²) in [5.74, 6) is -4.38. The van der Waals surface area contributed by atoms with Gasteiger partial charge in [-0.2, -0.15) is 13.1 Å². The third kappa shape index (κ3) is 4.14. The lowest BCUT2D eigenvalue weighted by molar-refractivity contribution is -0.138. The summed E-state index contributed by atoms with van der Waals surface area (Å²) < 4.78 is 52.8. The summed E-state index contributed by atoms with van der Waals surface area (Å²) in [6.07, 6.45) is 0.195. The van der Waals surface area contributed by atoms with Crippen LogP contribution < -0.4 is 0 Å². The Morgan fingerprint density at radius 3 is 2.39 bits per heavy atom. The van der Waals surface area contributed by atoms with Crippen molar-refractivity contribution in [3.63, 3.8) is 0 Å². The molecule has 1 N–H and O–H groups in total. The fourth-order valence-corrected chi connectivity index (χ4v) is 2.62. The van der Waals surface area contributed by atoms with Crippen molar-refractivity contribution < 1.29 is 31.8 Å². The fraction of sp³-hybridized carbons (Fsp3) is 0.889. The van der Waals surface area contributed by atoms with E-state index in [0.717, 1.165) is 4.31 Å². The van der Waals surface area contributed by atoms with Crippen molar-refractivity contribution >= 4 is 16.0 Å². The molecule has 1 aliphatic rings. The van der Waals surface area contributed by atoms with Gasteiger partial charge in [0, 0.05) is 13.1 Å². The van der Waals surface area contributed by atoms with Crippen LogP contribution in [-0.2, 0) is 19.6 Å². The van der Waals surface area contributed by atoms with Crippen LogP contribution in [0.3, 0.4) is 0 Å². The van der Waals surface area contributed by atoms with Gasteiger partial charge in [0.1, 0.15) is 0 Å². The molecule has 1 aliphatic heterocycles. The Morgan fingerprint density at radius 1 is 1.39 bits per heavy atom. The van der Waals surface area contributed by atoms with E-state index >= 15 is 0 Å². The summed E-state index contributed by atoms with van der Waals surface area (Å²) in [5, 5.41) is 8.40. The lowest BCUT2D eigenvalue weighted by Gasteiger charge is -2.30. The van der Waals surface area contributed by atoms with Gasteiger partial charge in [0.2, 0.25) is 0 Å². The first kappa shape index (κ1) is 15.3. The molecule has 0 spiro atoms. The molecule has 0 atom stereocenters. The molecule has 0 aromatic carbocycles. The minimum Gasteiger partial charge on any atom is -0.481 e. The topological polar surface area (TPSA) is 83.9 Å². The quantitative estimate of drug-likeness (QED) is 0.769. The third-order valence-electron chi connectivity index (χ3n) is 2.66. The first-order valence-corrected chi connectivity index (χ1v) is 6.95. The number of aliphatic carboxylic acids is 1. The van der Waals surface area contributed by atoms with Crippen LogP contribution >= 0.6 is 0 Å². The van der Waals surface area contributed by atoms with Gasteiger partial charge in [0.25, 0.3) is 10.0 Å². The van der Waals surface area contributed by atoms with Gasteiger partial charge in [0.05, 0.1) is 19.1 Å². The number of halogens is 2. The smallest absolute Gasteiger partial charge is 0.350 e. The number of carbonyl (C=O) groups is 1. The zero-order chi connectivity index (χ0) is 13.8. The number of ether oxygens (including phenoxy) is 1. The molecular weight excluding hydrogens is 272 g/mol. The van der Waals surface area contributed by atoms with Crippen molar-refractivity contribution in [1.82, 2.24) is 4.31 Å². The number of rotatable bonds is 6. The van der Waals surface area contributed by atoms with Crippen LogP contribution in [0, 0.1) is 0 Å². The molecule has 9 heteroatoms. The van der Waals surface area contributed by atoms with E-state index in [2.05, 4.69) is 0 Å². The Morgan fingerprint density at radius 2 is 1.94 bits per heavy atom. The molecule has 0 aliphatic carbocycles. The zero-order valence-electron chi connectivity index (χ0n) is 9.59. The van der Waals surface area contributed by atoms with E-state index in [1.807, 2.05) is 0 Å². The number of sulfonamides is 1. The van der Waals surface area contributed by atoms with Crippen molar-refractivity contribution in [2.75, 3.05) is 19.7 Å². The van der Waals surface area contributed by atoms with Gasteiger partial charge in [0.15, 0.2) is 0 Å². The van der Waals surface area contributed by atoms with Gasteiger partial charge in [-0.15, -0.1) is 0 Å². The van der Waals surface area contributed by atoms with Gasteiger partial charge in [-0.3, -0.25) is 4.79 Å². The maximum atomic E-state index is 12.3. The van der Waals surface area contributed by atoms with Crippen LogP contribution in [0.4, 0.5) is 8.78 Å². The summed E-state index contributed by atoms with van der Waals surface area (Å²) in [4.78, 5) is 10.2. The van der Waals surface area contributed by atoms with Gasteiger partial charge in [-0.25, -0.2) is 8.42 Å². The molecule has 6 nitrogen and oxygen atoms in total. The van der Waals surface area contributed by atoms with Gasteiger partial charge in [-0.1, -0.05) is 0 Å². The molecular formula is C9H15F2NO5S. The largest absolute Gasteiger partial charge is 0.481 e. The number of carboxylic acids is 1. The summed E-state index contributed by atoms with van der Waals surface area (Å²) in [6.45, 7) is -0.00355. The number of hydrogen-bond acceptors (Lipinski definition) is 4. The highest BCUT2D eigenvalue weighted by Crippen LogP contribution is 2.20. The van der Waals surface area contributed by atoms with Crippen molar-refractivity contribution in [2.45, 2.75) is 31.1 Å². The molecule has 0 aromatic rings. The third-order valence-corrected chi connectivity index (χ3v) is 4.19. The van der Waals surface area contributed by atoms with E-state index in [1.54, 1.807) is 0 Å². The van der Waals surface area contributed by atoms with Crippen LogP contribution in [0.25, 0.3) is 0 Å². The second-order valence-corrected chi connectivity index (χ2v) is 5.82. The van der Waals surface area contributed by atoms with Gasteiger partial charge in [-0.05, 0) is 12.8 Å². The monoisotopic (exact) mass is 287 g/mol. The number of carboxylic acid groups (broad SMARTS) is 1. The van der Waals surface area contributed by atoms with E-state index in [-0.39, 0.29) is 32.2 Å². The molecule has 1 fully saturated rings. The van der Waals surface area contributed by atoms with Crippen LogP contribution in [0.1, 0.15) is 19.3 Å². The van der Waals surface area contributed by atoms with Crippen LogP contribution in [0.2, 0.25) is 0 Å². The average molecular weight is 287 g/mol. The van der Waals surface area contributed by atoms with E-state index < -0.39 is 21.8 Å². The highest BCUT2D eigenvalue weighted by molar-refractivity contribution is 7.89. The Labute approximate surface area is 104 Å². The SMILES string of the molecule is O=C(O)CCOC1CCN(S(=O)(=O)C(F)F)CC1. The summed E-state index contributed by atoms with van der Waals surface area (Å²) in [7, 11) is -4.51. The predicted molar refractivity (Wildman–Crippen MR) is 57.7 cm³/mol. The minimum absolute atomic E-state index is 0.0234. The molecule has 0 radical (unpaired) electrons. The van der Waals surface area contributed by atoms with Crippen molar-refractivity contribution in [3.05, 3.63) is 0 Å². The minimum atomic E-state index is -4.51. The van der Waals surface area contributed by atoms with Gasteiger partial charge < -0.3 is 9.84 Å². The number of alkyl halides is 2. The van der Waals surface area contributed by atoms with Crippen LogP contribution in [0.5, 0.6) is 0 Å². The molecule has 0 bridgehead atoms. The zero-order valence-corrected chi connectivity index (χ0v) is 10.4. The van der Waals surface area contributed by atoms with Crippen molar-refractivity contribution in [3.8, 4) is 0 Å². The number of hydrogen-bond donors (Lipinski definition) is 1. The second-order valence-electron chi connectivity index (χ2n) is 3.92. The van der Waals surface area contributed by atoms with Crippen LogP contribution in [-0.4, -0.2) is 55.4 Å². The summed E-state index contributed by atoms with van der Waals surface area (Å²) in [6, 6.07) is 0. The maximum Gasteiger partial charge on any atom is 0.350 e. The molecule has 18 heavy (non-hydrogen) atoms. The number of nitrogens with zero attached hydrogens (tertiary/aromatic N) is 1. The molecule has 1 rings (SSSR count). The van der Waals surface area contributed by atoms with E-state index in [9.17, 15) is 22.0 Å². The summed E-state index contributed by atoms with van der Waals surface area (Å²) in [5.41, 5.74) is 0. The molecule has 0 saturated carbocycles. The van der Waals surface area contributed by atoms with Crippen molar-refractivity contribution in [1.29, 1.82) is 0 Å². The first-order chi connectivity index (χ1) is 8.34. The molecule has 0 aromatic heterocycles.